The van der Waals surface area contributed by atoms with E-state index in [1.165, 1.54) is 0 Å². The summed E-state index contributed by atoms with van der Waals surface area (Å²) in [7, 11) is 0. The van der Waals surface area contributed by atoms with Crippen LogP contribution in [0.3, 0.4) is 0 Å². The van der Waals surface area contributed by atoms with Crippen molar-refractivity contribution in [3.8, 4) is 0 Å². The first-order valence-electron chi connectivity index (χ1n) is 0.707. The van der Waals surface area contributed by atoms with Gasteiger partial charge in [-0.15, -0.1) is 0 Å². The summed E-state index contributed by atoms with van der Waals surface area (Å²) in [6.07, 6.45) is 0. The summed E-state index contributed by atoms with van der Waals surface area (Å²) in [6, 6.07) is 0. The third-order valence-corrected chi connectivity index (χ3v) is 0. The Morgan fingerprint density at radius 3 is 0.833 bits per heavy atom. The largest absolute Gasteiger partial charge is 0.346 e. The van der Waals surface area contributed by atoms with Crippen molar-refractivity contribution >= 4 is 0 Å². The van der Waals surface area contributed by atoms with E-state index in [2.05, 4.69) is 6.92 Å². The van der Waals surface area contributed by atoms with Crippen molar-refractivity contribution in [3.05, 3.63) is 6.92 Å². The second-order valence-electron chi connectivity index (χ2n) is 0. The summed E-state index contributed by atoms with van der Waals surface area (Å²) in [6.45, 7) is 5.00. The first kappa shape index (κ1) is 59.8. The van der Waals surface area contributed by atoms with Gasteiger partial charge in [-0.3, -0.25) is 0 Å². The van der Waals surface area contributed by atoms with Crippen molar-refractivity contribution in [2.45, 2.75) is 29.2 Å². The molecule has 0 aliphatic heterocycles. The molecule has 6 heavy (non-hydrogen) atoms. The second kappa shape index (κ2) is 130. The van der Waals surface area contributed by atoms with Crippen molar-refractivity contribution in [1.82, 2.24) is 0 Å². The average molecular weight is 166 g/mol. The van der Waals surface area contributed by atoms with Crippen molar-refractivity contribution in [2.24, 2.45) is 0 Å². The maximum atomic E-state index is 3.25. The normalized spacial score (nSPS) is 1.00. The van der Waals surface area contributed by atoms with Crippen LogP contribution in [0.1, 0.15) is 29.2 Å². The molecule has 0 N–H and O–H groups in total. The Bertz CT molecular complexity index is 3.90. The van der Waals surface area contributed by atoms with Gasteiger partial charge < -0.3 is 6.92 Å². The van der Waals surface area contributed by atoms with Gasteiger partial charge in [-0.2, -0.15) is 6.92 Å². The van der Waals surface area contributed by atoms with Crippen LogP contribution in [0.5, 0.6) is 0 Å². The smallest absolute Gasteiger partial charge is 0 e. The standard InChI is InChI=1S/C2H5.3CH4.Y/c1-2;;;;/h1H2,2H3;3*1H4;/q-1;;;;. The minimum Gasteiger partial charge on any atom is -0.346 e. The Labute approximate surface area is 68.6 Å². The predicted octanol–water partition coefficient (Wildman–Crippen LogP) is 2.75. The van der Waals surface area contributed by atoms with Crippen LogP contribution in [-0.2, 0) is 32.7 Å². The van der Waals surface area contributed by atoms with Crippen LogP contribution in [0.15, 0.2) is 0 Å². The molecule has 0 nitrogen and oxygen atoms in total. The van der Waals surface area contributed by atoms with E-state index in [1.54, 1.807) is 6.92 Å². The second-order valence-corrected chi connectivity index (χ2v) is 0. The van der Waals surface area contributed by atoms with Gasteiger partial charge in [-0.05, 0) is 0 Å². The molecule has 0 saturated heterocycles. The van der Waals surface area contributed by atoms with Gasteiger partial charge in [0, 0.05) is 32.7 Å². The maximum Gasteiger partial charge on any atom is 0 e. The fourth-order valence-electron chi connectivity index (χ4n) is 0. The van der Waals surface area contributed by atoms with E-state index in [-0.39, 0.29) is 55.0 Å². The van der Waals surface area contributed by atoms with Crippen LogP contribution in [0, 0.1) is 6.92 Å². The molecule has 0 atom stereocenters. The van der Waals surface area contributed by atoms with E-state index < -0.39 is 0 Å². The zero-order valence-corrected chi connectivity index (χ0v) is 5.12. The molecule has 0 unspecified atom stereocenters. The molecule has 1 heteroatoms. The molecule has 0 aromatic rings. The molecule has 0 bridgehead atoms. The van der Waals surface area contributed by atoms with Crippen molar-refractivity contribution in [1.29, 1.82) is 0 Å². The van der Waals surface area contributed by atoms with E-state index >= 15 is 0 Å². The van der Waals surface area contributed by atoms with Crippen molar-refractivity contribution in [3.63, 3.8) is 0 Å². The minimum absolute atomic E-state index is 0. The summed E-state index contributed by atoms with van der Waals surface area (Å²) >= 11 is 0. The number of rotatable bonds is 0. The Morgan fingerprint density at radius 2 is 0.833 bits per heavy atom. The van der Waals surface area contributed by atoms with Gasteiger partial charge in [0.1, 0.15) is 0 Å². The van der Waals surface area contributed by atoms with Crippen LogP contribution >= 0.6 is 0 Å². The molecule has 0 aromatic carbocycles. The van der Waals surface area contributed by atoms with Crippen molar-refractivity contribution < 1.29 is 32.7 Å². The fourth-order valence-corrected chi connectivity index (χ4v) is 0. The number of hydrogen-bond donors (Lipinski definition) is 0. The van der Waals surface area contributed by atoms with E-state index in [0.29, 0.717) is 0 Å². The van der Waals surface area contributed by atoms with Gasteiger partial charge in [-0.25, -0.2) is 0 Å². The zero-order valence-electron chi connectivity index (χ0n) is 2.28. The third kappa shape index (κ3) is 70.5. The molecule has 0 heterocycles. The van der Waals surface area contributed by atoms with E-state index in [9.17, 15) is 0 Å². The summed E-state index contributed by atoms with van der Waals surface area (Å²) in [5.74, 6) is 0. The van der Waals surface area contributed by atoms with Crippen LogP contribution in [0.4, 0.5) is 0 Å². The van der Waals surface area contributed by atoms with E-state index in [1.807, 2.05) is 0 Å². The van der Waals surface area contributed by atoms with Crippen molar-refractivity contribution in [2.75, 3.05) is 0 Å². The molecule has 0 aliphatic rings. The molecule has 0 amide bonds. The van der Waals surface area contributed by atoms with Crippen LogP contribution in [0.2, 0.25) is 0 Å². The number of hydrogen-bond acceptors (Lipinski definition) is 0. The molecular weight excluding hydrogens is 149 g/mol. The first-order chi connectivity index (χ1) is 1.00. The molecule has 0 aliphatic carbocycles. The average Bonchev–Trinajstić information content (AvgIpc) is 1.00. The Morgan fingerprint density at radius 1 is 0.833 bits per heavy atom. The molecule has 41 valence electrons. The summed E-state index contributed by atoms with van der Waals surface area (Å²) in [4.78, 5) is 0. The monoisotopic (exact) mass is 166 g/mol. The van der Waals surface area contributed by atoms with E-state index in [4.69, 9.17) is 0 Å². The summed E-state index contributed by atoms with van der Waals surface area (Å²) < 4.78 is 0. The molecule has 0 spiro atoms. The van der Waals surface area contributed by atoms with Crippen LogP contribution in [0.25, 0.3) is 0 Å². The fraction of sp³-hybridized carbons (Fsp3) is 0.800. The van der Waals surface area contributed by atoms with Gasteiger partial charge in [-0.1, -0.05) is 22.3 Å². The van der Waals surface area contributed by atoms with Crippen LogP contribution in [-0.4, -0.2) is 0 Å². The van der Waals surface area contributed by atoms with Gasteiger partial charge in [0.2, 0.25) is 0 Å². The van der Waals surface area contributed by atoms with Gasteiger partial charge >= 0.3 is 0 Å². The molecule has 0 fully saturated rings. The molecular formula is C5H17Y-. The maximum absolute atomic E-state index is 3.25. The zero-order chi connectivity index (χ0) is 2.00. The minimum atomic E-state index is 0. The Hall–Kier alpha value is 1.10. The van der Waals surface area contributed by atoms with Gasteiger partial charge in [0.25, 0.3) is 0 Å². The predicted molar refractivity (Wildman–Crippen MR) is 31.2 cm³/mol. The van der Waals surface area contributed by atoms with E-state index in [0.717, 1.165) is 0 Å². The third-order valence-electron chi connectivity index (χ3n) is 0. The summed E-state index contributed by atoms with van der Waals surface area (Å²) in [5.41, 5.74) is 0. The quantitative estimate of drug-likeness (QED) is 0.485. The summed E-state index contributed by atoms with van der Waals surface area (Å²) in [5, 5.41) is 0. The molecule has 0 aromatic heterocycles. The SMILES string of the molecule is C.C.C.[CH2-]C.[Y]. The molecule has 0 saturated carbocycles. The first-order valence-corrected chi connectivity index (χ1v) is 0.707. The van der Waals surface area contributed by atoms with Gasteiger partial charge in [0.05, 0.1) is 0 Å². The Balaban J connectivity index is -0.000000000833. The topological polar surface area (TPSA) is 0 Å². The van der Waals surface area contributed by atoms with Crippen LogP contribution < -0.4 is 0 Å². The molecule has 0 rings (SSSR count). The van der Waals surface area contributed by atoms with Gasteiger partial charge in [0.15, 0.2) is 0 Å². The Kier molecular flexibility index (Phi) is 1300. The molecule has 1 radical (unpaired) electrons.